The molecule has 1 aliphatic rings. The van der Waals surface area contributed by atoms with E-state index in [9.17, 15) is 0 Å². The summed E-state index contributed by atoms with van der Waals surface area (Å²) < 4.78 is 5.18. The molecule has 62 valence electrons. The van der Waals surface area contributed by atoms with E-state index in [-0.39, 0.29) is 12.4 Å². The summed E-state index contributed by atoms with van der Waals surface area (Å²) in [6.07, 6.45) is 5.18. The molecule has 1 saturated carbocycles. The third-order valence-electron chi connectivity index (χ3n) is 2.06. The van der Waals surface area contributed by atoms with E-state index in [1.807, 2.05) is 0 Å². The smallest absolute Gasteiger partial charge is 0.0722 e. The van der Waals surface area contributed by atoms with Crippen LogP contribution in [0.15, 0.2) is 0 Å². The zero-order valence-electron chi connectivity index (χ0n) is 6.38. The molecule has 0 saturated heterocycles. The SMILES string of the molecule is CO[C@@H]1CCCC[C@@H]1N.Cl. The van der Waals surface area contributed by atoms with E-state index in [4.69, 9.17) is 10.5 Å². The summed E-state index contributed by atoms with van der Waals surface area (Å²) in [5.74, 6) is 0. The summed E-state index contributed by atoms with van der Waals surface area (Å²) in [7, 11) is 1.75. The molecule has 3 heteroatoms. The Morgan fingerprint density at radius 1 is 1.30 bits per heavy atom. The van der Waals surface area contributed by atoms with Crippen molar-refractivity contribution in [1.29, 1.82) is 0 Å². The highest BCUT2D eigenvalue weighted by atomic mass is 35.5. The normalized spacial score (nSPS) is 33.0. The van der Waals surface area contributed by atoms with Gasteiger partial charge in [-0.15, -0.1) is 12.4 Å². The van der Waals surface area contributed by atoms with Crippen LogP contribution in [0.4, 0.5) is 0 Å². The molecule has 0 bridgehead atoms. The lowest BCUT2D eigenvalue weighted by Crippen LogP contribution is -2.38. The van der Waals surface area contributed by atoms with E-state index in [1.165, 1.54) is 12.8 Å². The van der Waals surface area contributed by atoms with Gasteiger partial charge in [-0.2, -0.15) is 0 Å². The van der Waals surface area contributed by atoms with Crippen LogP contribution in [0.5, 0.6) is 0 Å². The first kappa shape index (κ1) is 10.2. The van der Waals surface area contributed by atoms with Gasteiger partial charge in [0.05, 0.1) is 6.10 Å². The summed E-state index contributed by atoms with van der Waals surface area (Å²) in [5, 5.41) is 0. The molecule has 2 N–H and O–H groups in total. The third-order valence-corrected chi connectivity index (χ3v) is 2.06. The average molecular weight is 166 g/mol. The number of ether oxygens (including phenoxy) is 1. The second-order valence-corrected chi connectivity index (χ2v) is 2.72. The van der Waals surface area contributed by atoms with Crippen LogP contribution in [-0.2, 0) is 4.74 Å². The lowest BCUT2D eigenvalue weighted by atomic mass is 9.93. The molecule has 0 heterocycles. The standard InChI is InChI=1S/C7H15NO.ClH/c1-9-7-5-3-2-4-6(7)8;/h6-7H,2-5,8H2,1H3;1H/t6-,7+;/m0./s1. The second-order valence-electron chi connectivity index (χ2n) is 2.72. The van der Waals surface area contributed by atoms with Crippen LogP contribution >= 0.6 is 12.4 Å². The van der Waals surface area contributed by atoms with Crippen molar-refractivity contribution in [3.05, 3.63) is 0 Å². The summed E-state index contributed by atoms with van der Waals surface area (Å²) >= 11 is 0. The van der Waals surface area contributed by atoms with Crippen LogP contribution < -0.4 is 5.73 Å². The molecule has 10 heavy (non-hydrogen) atoms. The molecule has 2 nitrogen and oxygen atoms in total. The van der Waals surface area contributed by atoms with Crippen LogP contribution in [0.25, 0.3) is 0 Å². The van der Waals surface area contributed by atoms with Crippen molar-refractivity contribution in [2.45, 2.75) is 37.8 Å². The highest BCUT2D eigenvalue weighted by molar-refractivity contribution is 5.85. The van der Waals surface area contributed by atoms with Crippen LogP contribution in [-0.4, -0.2) is 19.3 Å². The molecule has 0 aromatic heterocycles. The molecule has 0 spiro atoms. The van der Waals surface area contributed by atoms with Crippen molar-refractivity contribution < 1.29 is 4.74 Å². The van der Waals surface area contributed by atoms with Gasteiger partial charge >= 0.3 is 0 Å². The predicted octanol–water partition coefficient (Wildman–Crippen LogP) is 1.32. The Kier molecular flexibility index (Phi) is 5.04. The largest absolute Gasteiger partial charge is 0.380 e. The van der Waals surface area contributed by atoms with Crippen LogP contribution in [0.3, 0.4) is 0 Å². The van der Waals surface area contributed by atoms with Gasteiger partial charge in [0, 0.05) is 13.2 Å². The summed E-state index contributed by atoms with van der Waals surface area (Å²) in [5.41, 5.74) is 5.76. The quantitative estimate of drug-likeness (QED) is 0.636. The summed E-state index contributed by atoms with van der Waals surface area (Å²) in [4.78, 5) is 0. The minimum Gasteiger partial charge on any atom is -0.380 e. The molecule has 1 rings (SSSR count). The van der Waals surface area contributed by atoms with E-state index >= 15 is 0 Å². The summed E-state index contributed by atoms with van der Waals surface area (Å²) in [6, 6.07) is 0.295. The molecule has 1 fully saturated rings. The van der Waals surface area contributed by atoms with E-state index in [0.29, 0.717) is 12.1 Å². The third kappa shape index (κ3) is 2.45. The van der Waals surface area contributed by atoms with Gasteiger partial charge in [0.25, 0.3) is 0 Å². The van der Waals surface area contributed by atoms with Gasteiger partial charge in [0.1, 0.15) is 0 Å². The number of halogens is 1. The fourth-order valence-electron chi connectivity index (χ4n) is 1.42. The lowest BCUT2D eigenvalue weighted by Gasteiger charge is -2.26. The molecule has 0 aliphatic heterocycles. The number of hydrogen-bond donors (Lipinski definition) is 1. The average Bonchev–Trinajstić information content (AvgIpc) is 1.89. The van der Waals surface area contributed by atoms with Crippen molar-refractivity contribution in [2.24, 2.45) is 5.73 Å². The van der Waals surface area contributed by atoms with Crippen molar-refractivity contribution in [3.8, 4) is 0 Å². The lowest BCUT2D eigenvalue weighted by molar-refractivity contribution is 0.0545. The molecule has 0 unspecified atom stereocenters. The minimum atomic E-state index is 0. The van der Waals surface area contributed by atoms with E-state index < -0.39 is 0 Å². The number of hydrogen-bond acceptors (Lipinski definition) is 2. The monoisotopic (exact) mass is 165 g/mol. The molecule has 0 aromatic carbocycles. The predicted molar refractivity (Wildman–Crippen MR) is 44.5 cm³/mol. The Hall–Kier alpha value is 0.210. The Labute approximate surface area is 68.5 Å². The zero-order valence-corrected chi connectivity index (χ0v) is 7.19. The van der Waals surface area contributed by atoms with E-state index in [2.05, 4.69) is 0 Å². The highest BCUT2D eigenvalue weighted by Gasteiger charge is 2.20. The Bertz CT molecular complexity index is 89.7. The fraction of sp³-hybridized carbons (Fsp3) is 1.00. The first-order valence-electron chi connectivity index (χ1n) is 3.63. The maximum Gasteiger partial charge on any atom is 0.0722 e. The van der Waals surface area contributed by atoms with Crippen LogP contribution in [0.1, 0.15) is 25.7 Å². The number of rotatable bonds is 1. The first-order valence-corrected chi connectivity index (χ1v) is 3.63. The second kappa shape index (κ2) is 4.94. The van der Waals surface area contributed by atoms with Crippen molar-refractivity contribution in [3.63, 3.8) is 0 Å². The van der Waals surface area contributed by atoms with E-state index in [1.54, 1.807) is 7.11 Å². The van der Waals surface area contributed by atoms with Gasteiger partial charge in [-0.3, -0.25) is 0 Å². The molecule has 0 radical (unpaired) electrons. The van der Waals surface area contributed by atoms with Crippen molar-refractivity contribution in [2.75, 3.05) is 7.11 Å². The molecule has 0 amide bonds. The zero-order chi connectivity index (χ0) is 6.69. The number of nitrogens with two attached hydrogens (primary N) is 1. The highest BCUT2D eigenvalue weighted by Crippen LogP contribution is 2.18. The van der Waals surface area contributed by atoms with Crippen molar-refractivity contribution >= 4 is 12.4 Å². The van der Waals surface area contributed by atoms with Gasteiger partial charge in [-0.1, -0.05) is 12.8 Å². The van der Waals surface area contributed by atoms with E-state index in [0.717, 1.165) is 12.8 Å². The number of methoxy groups -OCH3 is 1. The maximum absolute atomic E-state index is 5.76. The molecule has 0 aromatic rings. The Morgan fingerprint density at radius 2 is 1.90 bits per heavy atom. The fourth-order valence-corrected chi connectivity index (χ4v) is 1.42. The van der Waals surface area contributed by atoms with Crippen LogP contribution in [0, 0.1) is 0 Å². The molecule has 2 atom stereocenters. The molecular weight excluding hydrogens is 150 g/mol. The minimum absolute atomic E-state index is 0. The van der Waals surface area contributed by atoms with Crippen LogP contribution in [0.2, 0.25) is 0 Å². The molecular formula is C7H16ClNO. The molecule has 1 aliphatic carbocycles. The van der Waals surface area contributed by atoms with Gasteiger partial charge in [0.2, 0.25) is 0 Å². The van der Waals surface area contributed by atoms with Crippen molar-refractivity contribution in [1.82, 2.24) is 0 Å². The Morgan fingerprint density at radius 3 is 2.30 bits per heavy atom. The van der Waals surface area contributed by atoms with Gasteiger partial charge in [-0.25, -0.2) is 0 Å². The first-order chi connectivity index (χ1) is 4.34. The maximum atomic E-state index is 5.76. The van der Waals surface area contributed by atoms with Gasteiger partial charge in [-0.05, 0) is 12.8 Å². The topological polar surface area (TPSA) is 35.2 Å². The van der Waals surface area contributed by atoms with Gasteiger partial charge in [0.15, 0.2) is 0 Å². The Balaban J connectivity index is 0.000000810. The van der Waals surface area contributed by atoms with Gasteiger partial charge < -0.3 is 10.5 Å². The summed E-state index contributed by atoms with van der Waals surface area (Å²) in [6.45, 7) is 0.